The lowest BCUT2D eigenvalue weighted by atomic mass is 10.1. The van der Waals surface area contributed by atoms with Gasteiger partial charge in [-0.2, -0.15) is 0 Å². The van der Waals surface area contributed by atoms with Crippen molar-refractivity contribution in [1.82, 2.24) is 4.98 Å². The minimum Gasteiger partial charge on any atom is -0.462 e. The Hall–Kier alpha value is -3.86. The van der Waals surface area contributed by atoms with Gasteiger partial charge in [-0.3, -0.25) is 20.2 Å². The van der Waals surface area contributed by atoms with Gasteiger partial charge in [-0.05, 0) is 53.2 Å². The summed E-state index contributed by atoms with van der Waals surface area (Å²) in [6, 6.07) is 8.75. The van der Waals surface area contributed by atoms with E-state index < -0.39 is 15.8 Å². The minimum atomic E-state index is -0.728. The van der Waals surface area contributed by atoms with E-state index in [9.17, 15) is 25.0 Å². The largest absolute Gasteiger partial charge is 0.462 e. The molecule has 0 spiro atoms. The number of furan rings is 1. The van der Waals surface area contributed by atoms with Crippen LogP contribution in [0.3, 0.4) is 0 Å². The number of halogens is 1. The molecule has 0 aliphatic heterocycles. The van der Waals surface area contributed by atoms with Crippen molar-refractivity contribution in [2.45, 2.75) is 6.92 Å². The van der Waals surface area contributed by atoms with Crippen LogP contribution in [0.1, 0.15) is 28.7 Å². The van der Waals surface area contributed by atoms with Gasteiger partial charge in [0.05, 0.1) is 27.7 Å². The fourth-order valence-corrected chi connectivity index (χ4v) is 3.20. The van der Waals surface area contributed by atoms with Gasteiger partial charge in [0.15, 0.2) is 0 Å². The van der Waals surface area contributed by atoms with E-state index in [2.05, 4.69) is 20.9 Å². The number of nitro groups is 2. The molecule has 0 saturated heterocycles. The molecule has 10 nitrogen and oxygen atoms in total. The van der Waals surface area contributed by atoms with E-state index in [0.29, 0.717) is 21.6 Å². The average Bonchev–Trinajstić information content (AvgIpc) is 3.20. The molecule has 0 N–H and O–H groups in total. The molecule has 3 rings (SSSR count). The monoisotopic (exact) mass is 487 g/mol. The zero-order valence-corrected chi connectivity index (χ0v) is 17.6. The van der Waals surface area contributed by atoms with Crippen LogP contribution in [-0.2, 0) is 4.74 Å². The normalized spacial score (nSPS) is 10.9. The standard InChI is InChI=1S/C20H14BrN3O7/c1-2-30-20(25)16-9-13(24(28)29)11-22-18(16)7-4-14-5-8-19(31-14)15-6-3-12(23(26)27)10-17(15)21/h3-11H,2H2,1H3. The summed E-state index contributed by atoms with van der Waals surface area (Å²) in [7, 11) is 0. The van der Waals surface area contributed by atoms with Crippen LogP contribution in [0.25, 0.3) is 23.5 Å². The molecule has 0 aliphatic carbocycles. The Balaban J connectivity index is 1.90. The van der Waals surface area contributed by atoms with Crippen molar-refractivity contribution in [3.8, 4) is 11.3 Å². The van der Waals surface area contributed by atoms with E-state index in [-0.39, 0.29) is 29.2 Å². The van der Waals surface area contributed by atoms with Gasteiger partial charge in [0.2, 0.25) is 0 Å². The maximum absolute atomic E-state index is 12.2. The van der Waals surface area contributed by atoms with Crippen molar-refractivity contribution < 1.29 is 23.8 Å². The number of nitrogens with zero attached hydrogens (tertiary/aromatic N) is 3. The lowest BCUT2D eigenvalue weighted by molar-refractivity contribution is -0.385. The summed E-state index contributed by atoms with van der Waals surface area (Å²) in [4.78, 5) is 36.9. The first-order chi connectivity index (χ1) is 14.8. The molecule has 11 heteroatoms. The summed E-state index contributed by atoms with van der Waals surface area (Å²) in [6.07, 6.45) is 4.06. The second-order valence-electron chi connectivity index (χ2n) is 6.06. The molecule has 0 radical (unpaired) electrons. The zero-order valence-electron chi connectivity index (χ0n) is 16.0. The second-order valence-corrected chi connectivity index (χ2v) is 6.91. The first-order valence-corrected chi connectivity index (χ1v) is 9.63. The molecule has 0 bridgehead atoms. The number of rotatable bonds is 7. The number of hydrogen-bond donors (Lipinski definition) is 0. The number of esters is 1. The topological polar surface area (TPSA) is 139 Å². The number of nitro benzene ring substituents is 1. The Labute approximate surface area is 183 Å². The molecule has 0 aliphatic rings. The maximum atomic E-state index is 12.2. The second kappa shape index (κ2) is 9.30. The van der Waals surface area contributed by atoms with Crippen LogP contribution in [0.2, 0.25) is 0 Å². The number of benzene rings is 1. The highest BCUT2D eigenvalue weighted by molar-refractivity contribution is 9.10. The van der Waals surface area contributed by atoms with Crippen molar-refractivity contribution >= 4 is 45.4 Å². The molecule has 2 aromatic heterocycles. The number of aromatic nitrogens is 1. The van der Waals surface area contributed by atoms with E-state index in [1.165, 1.54) is 18.2 Å². The molecule has 31 heavy (non-hydrogen) atoms. The first-order valence-electron chi connectivity index (χ1n) is 8.84. The van der Waals surface area contributed by atoms with Crippen LogP contribution in [0, 0.1) is 20.2 Å². The van der Waals surface area contributed by atoms with Crippen molar-refractivity contribution in [2.75, 3.05) is 6.61 Å². The maximum Gasteiger partial charge on any atom is 0.340 e. The predicted molar refractivity (Wildman–Crippen MR) is 114 cm³/mol. The highest BCUT2D eigenvalue weighted by Crippen LogP contribution is 2.33. The van der Waals surface area contributed by atoms with Gasteiger partial charge in [0, 0.05) is 28.2 Å². The van der Waals surface area contributed by atoms with E-state index >= 15 is 0 Å². The number of hydrogen-bond acceptors (Lipinski definition) is 8. The van der Waals surface area contributed by atoms with Gasteiger partial charge in [0.25, 0.3) is 11.4 Å². The number of pyridine rings is 1. The van der Waals surface area contributed by atoms with Gasteiger partial charge in [-0.25, -0.2) is 9.78 Å². The Morgan fingerprint density at radius 2 is 1.87 bits per heavy atom. The molecule has 2 heterocycles. The molecular formula is C20H14BrN3O7. The minimum absolute atomic E-state index is 0.0443. The Bertz CT molecular complexity index is 1200. The Kier molecular flexibility index (Phi) is 6.55. The quantitative estimate of drug-likeness (QED) is 0.249. The third-order valence-electron chi connectivity index (χ3n) is 4.07. The van der Waals surface area contributed by atoms with E-state index in [0.717, 1.165) is 12.3 Å². The van der Waals surface area contributed by atoms with Crippen LogP contribution in [0.4, 0.5) is 11.4 Å². The van der Waals surface area contributed by atoms with Crippen LogP contribution in [0.15, 0.2) is 51.5 Å². The van der Waals surface area contributed by atoms with Crippen LogP contribution in [-0.4, -0.2) is 27.4 Å². The smallest absolute Gasteiger partial charge is 0.340 e. The Morgan fingerprint density at radius 3 is 2.52 bits per heavy atom. The van der Waals surface area contributed by atoms with Crippen molar-refractivity contribution in [3.05, 3.63) is 84.3 Å². The first kappa shape index (κ1) is 21.8. The number of carbonyl (C=O) groups is 1. The molecule has 0 amide bonds. The zero-order chi connectivity index (χ0) is 22.5. The molecule has 0 unspecified atom stereocenters. The van der Waals surface area contributed by atoms with Crippen molar-refractivity contribution in [2.24, 2.45) is 0 Å². The summed E-state index contributed by atoms with van der Waals surface area (Å²) in [6.45, 7) is 1.73. The van der Waals surface area contributed by atoms with E-state index in [1.807, 2.05) is 0 Å². The van der Waals surface area contributed by atoms with Gasteiger partial charge in [-0.15, -0.1) is 0 Å². The van der Waals surface area contributed by atoms with Crippen LogP contribution in [0.5, 0.6) is 0 Å². The molecule has 0 atom stereocenters. The predicted octanol–water partition coefficient (Wildman–Crippen LogP) is 5.27. The lowest BCUT2D eigenvalue weighted by Crippen LogP contribution is -2.08. The Morgan fingerprint density at radius 1 is 1.13 bits per heavy atom. The third kappa shape index (κ3) is 5.01. The molecule has 0 fully saturated rings. The SMILES string of the molecule is CCOC(=O)c1cc([N+](=O)[O-])cnc1C=Cc1ccc(-c2ccc([N+](=O)[O-])cc2Br)o1. The molecule has 3 aromatic rings. The summed E-state index contributed by atoms with van der Waals surface area (Å²) >= 11 is 3.30. The molecule has 0 saturated carbocycles. The summed E-state index contributed by atoms with van der Waals surface area (Å²) in [5, 5.41) is 21.9. The van der Waals surface area contributed by atoms with Gasteiger partial charge < -0.3 is 9.15 Å². The van der Waals surface area contributed by atoms with E-state index in [4.69, 9.17) is 9.15 Å². The number of non-ortho nitro benzene ring substituents is 1. The molecule has 158 valence electrons. The fourth-order valence-electron chi connectivity index (χ4n) is 2.63. The highest BCUT2D eigenvalue weighted by atomic mass is 79.9. The number of carbonyl (C=O) groups excluding carboxylic acids is 1. The van der Waals surface area contributed by atoms with Crippen molar-refractivity contribution in [3.63, 3.8) is 0 Å². The van der Waals surface area contributed by atoms with Gasteiger partial charge in [0.1, 0.15) is 17.7 Å². The highest BCUT2D eigenvalue weighted by Gasteiger charge is 2.18. The summed E-state index contributed by atoms with van der Waals surface area (Å²) < 4.78 is 11.2. The number of ether oxygens (including phenoxy) is 1. The van der Waals surface area contributed by atoms with Crippen LogP contribution >= 0.6 is 15.9 Å². The third-order valence-corrected chi connectivity index (χ3v) is 4.73. The molecular weight excluding hydrogens is 474 g/mol. The van der Waals surface area contributed by atoms with Gasteiger partial charge >= 0.3 is 5.97 Å². The average molecular weight is 488 g/mol. The van der Waals surface area contributed by atoms with E-state index in [1.54, 1.807) is 31.2 Å². The summed E-state index contributed by atoms with van der Waals surface area (Å²) in [5.41, 5.74) is 0.364. The van der Waals surface area contributed by atoms with Crippen molar-refractivity contribution in [1.29, 1.82) is 0 Å². The molecule has 1 aromatic carbocycles. The van der Waals surface area contributed by atoms with Crippen LogP contribution < -0.4 is 0 Å². The summed E-state index contributed by atoms with van der Waals surface area (Å²) in [5.74, 6) is 0.146. The fraction of sp³-hybridized carbons (Fsp3) is 0.100. The van der Waals surface area contributed by atoms with Gasteiger partial charge in [-0.1, -0.05) is 0 Å². The lowest BCUT2D eigenvalue weighted by Gasteiger charge is -2.04.